The molecule has 11 heteroatoms. The molecule has 3 N–H and O–H groups in total. The number of morpholine rings is 1. The van der Waals surface area contributed by atoms with Crippen LogP contribution in [0.3, 0.4) is 0 Å². The summed E-state index contributed by atoms with van der Waals surface area (Å²) in [5.41, 5.74) is -1.56. The summed E-state index contributed by atoms with van der Waals surface area (Å²) >= 11 is 0. The minimum Gasteiger partial charge on any atom is -0.459 e. The molecule has 31 heavy (non-hydrogen) atoms. The number of carbonyl (C=O) groups excluding carboxylic acids is 2. The van der Waals surface area contributed by atoms with Crippen LogP contribution < -0.4 is 16.0 Å². The van der Waals surface area contributed by atoms with Crippen molar-refractivity contribution in [3.63, 3.8) is 0 Å². The number of amides is 3. The van der Waals surface area contributed by atoms with E-state index in [4.69, 9.17) is 9.15 Å². The van der Waals surface area contributed by atoms with Crippen LogP contribution >= 0.6 is 0 Å². The Morgan fingerprint density at radius 3 is 2.55 bits per heavy atom. The topological polar surface area (TPSA) is 95.8 Å². The normalized spacial score (nSPS) is 14.8. The molecule has 3 amide bonds. The molecule has 1 aromatic carbocycles. The molecule has 1 saturated heterocycles. The van der Waals surface area contributed by atoms with E-state index in [0.717, 1.165) is 31.8 Å². The van der Waals surface area contributed by atoms with Gasteiger partial charge in [0.1, 0.15) is 0 Å². The second kappa shape index (κ2) is 10.3. The Bertz CT molecular complexity index is 881. The quantitative estimate of drug-likeness (QED) is 0.574. The highest BCUT2D eigenvalue weighted by molar-refractivity contribution is 6.02. The number of hydrogen-bond acceptors (Lipinski definition) is 5. The Morgan fingerprint density at radius 1 is 1.10 bits per heavy atom. The summed E-state index contributed by atoms with van der Waals surface area (Å²) in [6.07, 6.45) is -2.79. The molecule has 0 bridgehead atoms. The van der Waals surface area contributed by atoms with Gasteiger partial charge >= 0.3 is 12.2 Å². The van der Waals surface area contributed by atoms with Crippen molar-refractivity contribution in [2.24, 2.45) is 0 Å². The highest BCUT2D eigenvalue weighted by Crippen LogP contribution is 2.36. The highest BCUT2D eigenvalue weighted by Gasteiger charge is 2.34. The zero-order chi connectivity index (χ0) is 22.3. The van der Waals surface area contributed by atoms with Gasteiger partial charge in [-0.25, -0.2) is 4.79 Å². The molecule has 1 aliphatic heterocycles. The number of nitrogens with one attached hydrogen (secondary N) is 3. The number of benzene rings is 1. The molecule has 0 unspecified atom stereocenters. The van der Waals surface area contributed by atoms with E-state index in [1.807, 2.05) is 0 Å². The number of rotatable bonds is 7. The van der Waals surface area contributed by atoms with E-state index in [1.54, 1.807) is 0 Å². The van der Waals surface area contributed by atoms with Crippen molar-refractivity contribution in [1.82, 2.24) is 10.2 Å². The average Bonchev–Trinajstić information content (AvgIpc) is 3.27. The zero-order valence-corrected chi connectivity index (χ0v) is 16.6. The number of alkyl halides is 3. The molecule has 0 atom stereocenters. The lowest BCUT2D eigenvalue weighted by Gasteiger charge is -2.26. The predicted octanol–water partition coefficient (Wildman–Crippen LogP) is 3.39. The van der Waals surface area contributed by atoms with Gasteiger partial charge in [-0.05, 0) is 43.3 Å². The Balaban J connectivity index is 1.56. The van der Waals surface area contributed by atoms with Gasteiger partial charge < -0.3 is 25.1 Å². The molecule has 1 aliphatic rings. The zero-order valence-electron chi connectivity index (χ0n) is 16.6. The monoisotopic (exact) mass is 440 g/mol. The standard InChI is InChI=1S/C20H23F3N4O4/c21-20(22,23)15-13-14(25-18(28)17-3-1-10-31-17)4-5-16(15)26-19(29)24-6-2-7-27-8-11-30-12-9-27/h1,3-5,10,13H,2,6-9,11-12H2,(H,25,28)(H2,24,26,29). The number of nitrogens with zero attached hydrogens (tertiary/aromatic N) is 1. The first-order chi connectivity index (χ1) is 14.8. The summed E-state index contributed by atoms with van der Waals surface area (Å²) in [5.74, 6) is -0.718. The van der Waals surface area contributed by atoms with Crippen LogP contribution in [0.25, 0.3) is 0 Å². The summed E-state index contributed by atoms with van der Waals surface area (Å²) in [6.45, 7) is 4.08. The lowest BCUT2D eigenvalue weighted by Crippen LogP contribution is -2.38. The molecule has 1 aromatic heterocycles. The molecule has 168 valence electrons. The van der Waals surface area contributed by atoms with E-state index in [9.17, 15) is 22.8 Å². The summed E-state index contributed by atoms with van der Waals surface area (Å²) in [7, 11) is 0. The fourth-order valence-electron chi connectivity index (χ4n) is 3.06. The highest BCUT2D eigenvalue weighted by atomic mass is 19.4. The molecule has 1 fully saturated rings. The SMILES string of the molecule is O=C(NCCCN1CCOCC1)Nc1ccc(NC(=O)c2ccco2)cc1C(F)(F)F. The number of halogens is 3. The maximum absolute atomic E-state index is 13.5. The van der Waals surface area contributed by atoms with E-state index in [2.05, 4.69) is 20.9 Å². The van der Waals surface area contributed by atoms with Gasteiger partial charge in [-0.15, -0.1) is 0 Å². The summed E-state index contributed by atoms with van der Waals surface area (Å²) in [4.78, 5) is 26.2. The third kappa shape index (κ3) is 6.72. The fourth-order valence-corrected chi connectivity index (χ4v) is 3.06. The van der Waals surface area contributed by atoms with Gasteiger partial charge in [-0.2, -0.15) is 13.2 Å². The maximum atomic E-state index is 13.5. The van der Waals surface area contributed by atoms with Gasteiger partial charge in [0.2, 0.25) is 0 Å². The van der Waals surface area contributed by atoms with Crippen molar-refractivity contribution in [2.75, 3.05) is 50.0 Å². The molecule has 2 heterocycles. The van der Waals surface area contributed by atoms with Crippen LogP contribution in [0, 0.1) is 0 Å². The van der Waals surface area contributed by atoms with Gasteiger partial charge in [-0.3, -0.25) is 9.69 Å². The van der Waals surface area contributed by atoms with E-state index >= 15 is 0 Å². The Hall–Kier alpha value is -3.05. The van der Waals surface area contributed by atoms with E-state index in [1.165, 1.54) is 24.5 Å². The van der Waals surface area contributed by atoms with Gasteiger partial charge in [0.05, 0.1) is 30.7 Å². The van der Waals surface area contributed by atoms with Crippen molar-refractivity contribution in [3.05, 3.63) is 47.9 Å². The predicted molar refractivity (Wildman–Crippen MR) is 107 cm³/mol. The molecule has 8 nitrogen and oxygen atoms in total. The lowest BCUT2D eigenvalue weighted by molar-refractivity contribution is -0.136. The molecule has 3 rings (SSSR count). The van der Waals surface area contributed by atoms with Gasteiger partial charge in [0, 0.05) is 25.3 Å². The maximum Gasteiger partial charge on any atom is 0.418 e. The van der Waals surface area contributed by atoms with Gasteiger partial charge in [0.25, 0.3) is 5.91 Å². The number of hydrogen-bond donors (Lipinski definition) is 3. The third-order valence-electron chi connectivity index (χ3n) is 4.62. The van der Waals surface area contributed by atoms with Crippen molar-refractivity contribution in [1.29, 1.82) is 0 Å². The first-order valence-corrected chi connectivity index (χ1v) is 9.74. The van der Waals surface area contributed by atoms with Crippen molar-refractivity contribution >= 4 is 23.3 Å². The minimum absolute atomic E-state index is 0.0350. The van der Waals surface area contributed by atoms with Crippen molar-refractivity contribution < 1.29 is 31.9 Å². The van der Waals surface area contributed by atoms with E-state index in [-0.39, 0.29) is 11.4 Å². The second-order valence-corrected chi connectivity index (χ2v) is 6.88. The van der Waals surface area contributed by atoms with Crippen molar-refractivity contribution in [3.8, 4) is 0 Å². The smallest absolute Gasteiger partial charge is 0.418 e. The van der Waals surface area contributed by atoms with E-state index < -0.39 is 29.4 Å². The number of carbonyl (C=O) groups is 2. The lowest BCUT2D eigenvalue weighted by atomic mass is 10.1. The molecule has 0 aliphatic carbocycles. The summed E-state index contributed by atoms with van der Waals surface area (Å²) < 4.78 is 50.6. The Labute approximate surface area is 176 Å². The number of urea groups is 1. The molecule has 0 spiro atoms. The van der Waals surface area contributed by atoms with Crippen LogP contribution in [-0.2, 0) is 10.9 Å². The van der Waals surface area contributed by atoms with E-state index in [0.29, 0.717) is 26.2 Å². The van der Waals surface area contributed by atoms with Crippen LogP contribution in [0.15, 0.2) is 41.0 Å². The average molecular weight is 440 g/mol. The number of ether oxygens (including phenoxy) is 1. The largest absolute Gasteiger partial charge is 0.459 e. The minimum atomic E-state index is -4.73. The van der Waals surface area contributed by atoms with Crippen LogP contribution in [-0.4, -0.2) is 56.2 Å². The van der Waals surface area contributed by atoms with Gasteiger partial charge in [0.15, 0.2) is 5.76 Å². The fraction of sp³-hybridized carbons (Fsp3) is 0.400. The van der Waals surface area contributed by atoms with Crippen LogP contribution in [0.5, 0.6) is 0 Å². The molecular formula is C20H23F3N4O4. The first-order valence-electron chi connectivity index (χ1n) is 9.74. The van der Waals surface area contributed by atoms with Gasteiger partial charge in [-0.1, -0.05) is 0 Å². The van der Waals surface area contributed by atoms with Crippen LogP contribution in [0.4, 0.5) is 29.3 Å². The molecular weight excluding hydrogens is 417 g/mol. The molecule has 2 aromatic rings. The van der Waals surface area contributed by atoms with Crippen molar-refractivity contribution in [2.45, 2.75) is 12.6 Å². The van der Waals surface area contributed by atoms with Crippen LogP contribution in [0.1, 0.15) is 22.5 Å². The Kier molecular flexibility index (Phi) is 7.53. The Morgan fingerprint density at radius 2 is 1.87 bits per heavy atom. The molecule has 0 saturated carbocycles. The summed E-state index contributed by atoms with van der Waals surface area (Å²) in [6, 6.07) is 5.26. The second-order valence-electron chi connectivity index (χ2n) is 6.88. The van der Waals surface area contributed by atoms with Crippen LogP contribution in [0.2, 0.25) is 0 Å². The summed E-state index contributed by atoms with van der Waals surface area (Å²) in [5, 5.41) is 7.12. The first kappa shape index (κ1) is 22.6. The number of furan rings is 1. The third-order valence-corrected chi connectivity index (χ3v) is 4.62. The number of anilines is 2. The molecule has 0 radical (unpaired) electrons.